The van der Waals surface area contributed by atoms with Gasteiger partial charge < -0.3 is 38.8 Å². The van der Waals surface area contributed by atoms with Crippen molar-refractivity contribution in [2.75, 3.05) is 40.7 Å². The van der Waals surface area contributed by atoms with E-state index in [-0.39, 0.29) is 43.9 Å². The smallest absolute Gasteiger partial charge is 0.504 e. The van der Waals surface area contributed by atoms with E-state index in [1.807, 2.05) is 24.9 Å². The summed E-state index contributed by atoms with van der Waals surface area (Å²) in [4.78, 5) is 30.0. The van der Waals surface area contributed by atoms with Crippen LogP contribution in [0.25, 0.3) is 0 Å². The van der Waals surface area contributed by atoms with Crippen molar-refractivity contribution < 1.29 is 43.1 Å². The fraction of sp³-hybridized carbons (Fsp3) is 0.485. The van der Waals surface area contributed by atoms with E-state index in [9.17, 15) is 20.0 Å². The Labute approximate surface area is 298 Å². The SMILES string of the molecule is C=CCOC(=O)Oc1c(C)c2c(c3c1CC1[C@H]4c5c(cc(C)c(OC)c5O)C[C@H]([C@H](C#N)N1[C@H]3CNC(=O)OCC(Cl)(Cl)Cl)N4C)OCO2. The lowest BCUT2D eigenvalue weighted by molar-refractivity contribution is -0.0723. The summed E-state index contributed by atoms with van der Waals surface area (Å²) in [6.45, 7) is 6.44. The van der Waals surface area contributed by atoms with E-state index in [1.165, 1.54) is 13.2 Å². The largest absolute Gasteiger partial charge is 0.514 e. The molecule has 0 spiro atoms. The molecule has 0 aromatic heterocycles. The number of carbonyl (C=O) groups is 2. The van der Waals surface area contributed by atoms with Crippen molar-refractivity contribution >= 4 is 47.1 Å². The summed E-state index contributed by atoms with van der Waals surface area (Å²) >= 11 is 17.4. The van der Waals surface area contributed by atoms with Crippen molar-refractivity contribution in [2.24, 2.45) is 0 Å². The van der Waals surface area contributed by atoms with Gasteiger partial charge in [-0.25, -0.2) is 9.59 Å². The second-order valence-corrected chi connectivity index (χ2v) is 14.8. The first-order chi connectivity index (χ1) is 23.3. The van der Waals surface area contributed by atoms with E-state index in [0.717, 1.165) is 11.1 Å². The number of amides is 1. The van der Waals surface area contributed by atoms with Crippen LogP contribution in [0.1, 0.15) is 45.5 Å². The van der Waals surface area contributed by atoms with Gasteiger partial charge >= 0.3 is 12.2 Å². The number of nitrogens with one attached hydrogen (secondary N) is 1. The lowest BCUT2D eigenvalue weighted by Crippen LogP contribution is -2.68. The molecule has 5 atom stereocenters. The Bertz CT molecular complexity index is 1740. The van der Waals surface area contributed by atoms with Gasteiger partial charge in [0, 0.05) is 40.9 Å². The number of likely N-dealkylation sites (N-methyl/N-ethyl adjacent to an activating group) is 1. The van der Waals surface area contributed by atoms with Crippen molar-refractivity contribution in [3.05, 3.63) is 52.1 Å². The van der Waals surface area contributed by atoms with Crippen molar-refractivity contribution in [3.63, 3.8) is 0 Å². The number of phenols is 1. The van der Waals surface area contributed by atoms with Gasteiger partial charge in [0.25, 0.3) is 0 Å². The molecule has 49 heavy (non-hydrogen) atoms. The number of ether oxygens (including phenoxy) is 6. The van der Waals surface area contributed by atoms with Crippen LogP contribution in [-0.4, -0.2) is 89.8 Å². The molecule has 1 amide bonds. The number of nitriles is 1. The van der Waals surface area contributed by atoms with E-state index in [2.05, 4.69) is 22.9 Å². The molecular formula is C33H35Cl3N4O9. The topological polar surface area (TPSA) is 152 Å². The fourth-order valence-electron chi connectivity index (χ4n) is 7.79. The molecule has 6 rings (SSSR count). The number of nitrogens with zero attached hydrogens (tertiary/aromatic N) is 3. The highest BCUT2D eigenvalue weighted by Crippen LogP contribution is 2.58. The molecule has 1 fully saturated rings. The van der Waals surface area contributed by atoms with Gasteiger partial charge in [-0.1, -0.05) is 53.5 Å². The second-order valence-electron chi connectivity index (χ2n) is 12.3. The van der Waals surface area contributed by atoms with Crippen LogP contribution in [0.15, 0.2) is 18.7 Å². The molecule has 2 aromatic rings. The minimum Gasteiger partial charge on any atom is -0.504 e. The maximum absolute atomic E-state index is 12.9. The third-order valence-electron chi connectivity index (χ3n) is 9.58. The Balaban J connectivity index is 1.54. The molecule has 0 aliphatic carbocycles. The van der Waals surface area contributed by atoms with Crippen LogP contribution in [0, 0.1) is 25.2 Å². The second kappa shape index (κ2) is 13.5. The maximum atomic E-state index is 12.9. The van der Waals surface area contributed by atoms with Crippen molar-refractivity contribution in [3.8, 4) is 34.8 Å². The Kier molecular flexibility index (Phi) is 9.65. The standard InChI is InChI=1S/C33H35Cl3N4O9/c1-6-7-45-32(43)49-28-16(3)29-30(48-14-47-29)24-18(28)10-20-25-23-17(8-15(2)27(44-5)26(23)41)9-19(39(25)4)21(11-37)40(20)22(24)12-38-31(42)46-13-33(34,35)36/h6,8,19-22,25,41H,1,7,9-10,12-14H2,2-5H3,(H,38,42)/t19-,20?,21+,22+,25+/m1/s1. The summed E-state index contributed by atoms with van der Waals surface area (Å²) in [5.74, 6) is 1.35. The number of phenolic OH excluding ortho intramolecular Hbond substituents is 1. The average Bonchev–Trinajstić information content (AvgIpc) is 3.54. The Morgan fingerprint density at radius 3 is 2.57 bits per heavy atom. The number of aryl methyl sites for hydroxylation is 1. The van der Waals surface area contributed by atoms with Crippen LogP contribution in [-0.2, 0) is 22.3 Å². The van der Waals surface area contributed by atoms with Crippen LogP contribution < -0.4 is 24.3 Å². The van der Waals surface area contributed by atoms with Crippen molar-refractivity contribution in [2.45, 2.75) is 60.7 Å². The zero-order valence-electron chi connectivity index (χ0n) is 27.2. The Morgan fingerprint density at radius 2 is 1.90 bits per heavy atom. The summed E-state index contributed by atoms with van der Waals surface area (Å²) < 4.78 is 31.9. The van der Waals surface area contributed by atoms with Gasteiger partial charge in [-0.15, -0.1) is 0 Å². The number of rotatable bonds is 7. The molecule has 0 radical (unpaired) electrons. The van der Waals surface area contributed by atoms with Gasteiger partial charge in [0.2, 0.25) is 10.6 Å². The summed E-state index contributed by atoms with van der Waals surface area (Å²) in [5.41, 5.74) is 4.02. The quantitative estimate of drug-likeness (QED) is 0.164. The molecule has 262 valence electrons. The number of fused-ring (bicyclic) bond motifs is 9. The number of hydrogen-bond donors (Lipinski definition) is 2. The van der Waals surface area contributed by atoms with E-state index in [0.29, 0.717) is 45.9 Å². The minimum atomic E-state index is -1.83. The van der Waals surface area contributed by atoms with Crippen LogP contribution in [0.4, 0.5) is 9.59 Å². The number of halogens is 3. The van der Waals surface area contributed by atoms with Gasteiger partial charge in [0.05, 0.1) is 25.3 Å². The van der Waals surface area contributed by atoms with Gasteiger partial charge in [0.15, 0.2) is 23.0 Å². The van der Waals surface area contributed by atoms with E-state index in [4.69, 9.17) is 63.2 Å². The molecule has 4 aliphatic rings. The number of hydrogen-bond acceptors (Lipinski definition) is 12. The van der Waals surface area contributed by atoms with E-state index >= 15 is 0 Å². The summed E-state index contributed by atoms with van der Waals surface area (Å²) in [7, 11) is 3.43. The summed E-state index contributed by atoms with van der Waals surface area (Å²) in [6, 6.07) is 1.84. The first-order valence-electron chi connectivity index (χ1n) is 15.5. The monoisotopic (exact) mass is 736 g/mol. The van der Waals surface area contributed by atoms with Crippen molar-refractivity contribution in [1.29, 1.82) is 5.26 Å². The highest BCUT2D eigenvalue weighted by atomic mass is 35.6. The van der Waals surface area contributed by atoms with Crippen LogP contribution in [0.2, 0.25) is 0 Å². The third kappa shape index (κ3) is 6.14. The first kappa shape index (κ1) is 35.0. The van der Waals surface area contributed by atoms with Gasteiger partial charge in [0.1, 0.15) is 25.0 Å². The van der Waals surface area contributed by atoms with E-state index in [1.54, 1.807) is 6.92 Å². The van der Waals surface area contributed by atoms with Crippen LogP contribution in [0.3, 0.4) is 0 Å². The fourth-order valence-corrected chi connectivity index (χ4v) is 7.95. The average molecular weight is 738 g/mol. The van der Waals surface area contributed by atoms with Gasteiger partial charge in [-0.3, -0.25) is 9.80 Å². The number of piperazine rings is 1. The lowest BCUT2D eigenvalue weighted by atomic mass is 9.71. The number of benzene rings is 2. The maximum Gasteiger partial charge on any atom is 0.514 e. The molecule has 2 bridgehead atoms. The Morgan fingerprint density at radius 1 is 1.16 bits per heavy atom. The molecule has 2 N–H and O–H groups in total. The van der Waals surface area contributed by atoms with Crippen LogP contribution >= 0.6 is 34.8 Å². The molecule has 16 heteroatoms. The molecule has 4 heterocycles. The zero-order chi connectivity index (χ0) is 35.4. The summed E-state index contributed by atoms with van der Waals surface area (Å²) in [6.07, 6.45) is 0.332. The van der Waals surface area contributed by atoms with E-state index < -0.39 is 46.8 Å². The molecule has 0 saturated carbocycles. The molecule has 1 unspecified atom stereocenters. The molecule has 2 aromatic carbocycles. The number of aromatic hydroxyl groups is 1. The minimum absolute atomic E-state index is 0.0188. The Hall–Kier alpha value is -3.80. The molecule has 1 saturated heterocycles. The number of alkyl carbamates (subject to hydrolysis) is 1. The molecular weight excluding hydrogens is 703 g/mol. The predicted molar refractivity (Wildman–Crippen MR) is 178 cm³/mol. The number of methoxy groups -OCH3 is 1. The summed E-state index contributed by atoms with van der Waals surface area (Å²) in [5, 5.41) is 25.3. The normalized spacial score (nSPS) is 23.7. The highest BCUT2D eigenvalue weighted by Gasteiger charge is 2.57. The highest BCUT2D eigenvalue weighted by molar-refractivity contribution is 6.67. The third-order valence-corrected chi connectivity index (χ3v) is 9.90. The van der Waals surface area contributed by atoms with Crippen LogP contribution in [0.5, 0.6) is 28.7 Å². The number of alkyl halides is 3. The van der Waals surface area contributed by atoms with Gasteiger partial charge in [-0.2, -0.15) is 5.26 Å². The van der Waals surface area contributed by atoms with Gasteiger partial charge in [-0.05, 0) is 44.9 Å². The molecule has 4 aliphatic heterocycles. The number of carbonyl (C=O) groups excluding carboxylic acids is 2. The predicted octanol–water partition coefficient (Wildman–Crippen LogP) is 5.32. The van der Waals surface area contributed by atoms with Crippen molar-refractivity contribution in [1.82, 2.24) is 15.1 Å². The lowest BCUT2D eigenvalue weighted by Gasteiger charge is -2.60. The molecule has 13 nitrogen and oxygen atoms in total. The zero-order valence-corrected chi connectivity index (χ0v) is 29.4. The first-order valence-corrected chi connectivity index (χ1v) is 16.6.